The summed E-state index contributed by atoms with van der Waals surface area (Å²) in [6, 6.07) is 4.40. The van der Waals surface area contributed by atoms with Crippen LogP contribution >= 0.6 is 11.6 Å². The van der Waals surface area contributed by atoms with Crippen molar-refractivity contribution in [2.75, 3.05) is 17.4 Å². The van der Waals surface area contributed by atoms with E-state index in [-0.39, 0.29) is 17.3 Å². The van der Waals surface area contributed by atoms with E-state index in [1.165, 1.54) is 12.1 Å². The van der Waals surface area contributed by atoms with Gasteiger partial charge in [0.1, 0.15) is 11.6 Å². The molecule has 7 heteroatoms. The smallest absolute Gasteiger partial charge is 0.152 e. The van der Waals surface area contributed by atoms with Crippen LogP contribution in [-0.2, 0) is 21.8 Å². The fourth-order valence-electron chi connectivity index (χ4n) is 3.13. The van der Waals surface area contributed by atoms with Crippen LogP contribution in [0, 0.1) is 5.82 Å². The van der Waals surface area contributed by atoms with Crippen molar-refractivity contribution in [1.82, 2.24) is 9.55 Å². The quantitative estimate of drug-likeness (QED) is 0.812. The molecule has 2 aromatic rings. The normalized spacial score (nSPS) is 24.7. The van der Waals surface area contributed by atoms with Crippen LogP contribution in [0.15, 0.2) is 18.2 Å². The molecule has 1 fully saturated rings. The summed E-state index contributed by atoms with van der Waals surface area (Å²) >= 11 is 5.83. The summed E-state index contributed by atoms with van der Waals surface area (Å²) in [5.74, 6) is 0.997. The molecule has 1 aromatic heterocycles. The Balaban J connectivity index is 2.22. The predicted octanol–water partition coefficient (Wildman–Crippen LogP) is 2.49. The summed E-state index contributed by atoms with van der Waals surface area (Å²) in [5, 5.41) is 0. The minimum absolute atomic E-state index is 0.0815. The third-order valence-corrected chi connectivity index (χ3v) is 6.10. The largest absolute Gasteiger partial charge is 0.321 e. The van der Waals surface area contributed by atoms with Gasteiger partial charge in [0.2, 0.25) is 0 Å². The zero-order valence-corrected chi connectivity index (χ0v) is 13.2. The van der Waals surface area contributed by atoms with Crippen molar-refractivity contribution >= 4 is 32.5 Å². The van der Waals surface area contributed by atoms with Gasteiger partial charge in [0, 0.05) is 18.4 Å². The minimum Gasteiger partial charge on any atom is -0.321 e. The molecule has 1 atom stereocenters. The summed E-state index contributed by atoms with van der Waals surface area (Å²) in [6.45, 7) is 1.92. The van der Waals surface area contributed by atoms with E-state index in [4.69, 9.17) is 11.6 Å². The zero-order chi connectivity index (χ0) is 15.3. The van der Waals surface area contributed by atoms with Crippen LogP contribution in [0.3, 0.4) is 0 Å². The number of nitrogens with zero attached hydrogens (tertiary/aromatic N) is 2. The van der Waals surface area contributed by atoms with Crippen molar-refractivity contribution in [3.63, 3.8) is 0 Å². The van der Waals surface area contributed by atoms with Crippen LogP contribution in [0.1, 0.15) is 19.2 Å². The molecule has 1 aromatic carbocycles. The van der Waals surface area contributed by atoms with Crippen LogP contribution < -0.4 is 0 Å². The predicted molar refractivity (Wildman–Crippen MR) is 81.0 cm³/mol. The zero-order valence-electron chi connectivity index (χ0n) is 11.6. The van der Waals surface area contributed by atoms with E-state index in [2.05, 4.69) is 4.98 Å². The van der Waals surface area contributed by atoms with Crippen molar-refractivity contribution in [3.8, 4) is 0 Å². The molecular formula is C14H16ClFN2O2S. The first kappa shape index (κ1) is 14.8. The number of benzene rings is 1. The molecule has 1 saturated heterocycles. The number of fused-ring (bicyclic) bond motifs is 1. The standard InChI is InChI=1S/C14H16ClFN2O2S/c1-14(5-7-21(19,20)9-14)18-12-3-2-10(16)8-11(12)17-13(18)4-6-15/h2-3,8H,4-7,9H2,1H3. The minimum atomic E-state index is -3.04. The van der Waals surface area contributed by atoms with E-state index in [9.17, 15) is 12.8 Å². The number of aromatic nitrogens is 2. The highest BCUT2D eigenvalue weighted by molar-refractivity contribution is 7.91. The topological polar surface area (TPSA) is 52.0 Å². The Kier molecular flexibility index (Phi) is 3.48. The van der Waals surface area contributed by atoms with Crippen LogP contribution in [0.25, 0.3) is 11.0 Å². The van der Waals surface area contributed by atoms with Crippen molar-refractivity contribution < 1.29 is 12.8 Å². The first-order chi connectivity index (χ1) is 9.85. The molecule has 114 valence electrons. The van der Waals surface area contributed by atoms with Gasteiger partial charge < -0.3 is 4.57 Å². The van der Waals surface area contributed by atoms with Gasteiger partial charge in [-0.3, -0.25) is 0 Å². The molecule has 4 nitrogen and oxygen atoms in total. The van der Waals surface area contributed by atoms with Crippen molar-refractivity contribution in [1.29, 1.82) is 0 Å². The van der Waals surface area contributed by atoms with Crippen LogP contribution in [0.4, 0.5) is 4.39 Å². The summed E-state index contributed by atoms with van der Waals surface area (Å²) in [5.41, 5.74) is 0.754. The molecule has 1 aliphatic heterocycles. The second kappa shape index (κ2) is 4.95. The number of imidazole rings is 1. The Morgan fingerprint density at radius 2 is 2.24 bits per heavy atom. The van der Waals surface area contributed by atoms with Gasteiger partial charge >= 0.3 is 0 Å². The molecule has 1 aliphatic rings. The average Bonchev–Trinajstić information content (AvgIpc) is 2.87. The summed E-state index contributed by atoms with van der Waals surface area (Å²) in [7, 11) is -3.04. The average molecular weight is 331 g/mol. The number of aryl methyl sites for hydroxylation is 1. The van der Waals surface area contributed by atoms with E-state index in [0.29, 0.717) is 30.1 Å². The molecule has 3 rings (SSSR count). The Hall–Kier alpha value is -1.14. The molecule has 0 bridgehead atoms. The van der Waals surface area contributed by atoms with E-state index in [0.717, 1.165) is 5.52 Å². The van der Waals surface area contributed by atoms with Crippen molar-refractivity contribution in [2.45, 2.75) is 25.3 Å². The van der Waals surface area contributed by atoms with Gasteiger partial charge in [-0.2, -0.15) is 0 Å². The number of hydrogen-bond donors (Lipinski definition) is 0. The molecular weight excluding hydrogens is 315 g/mol. The number of sulfone groups is 1. The van der Waals surface area contributed by atoms with Gasteiger partial charge in [0.25, 0.3) is 0 Å². The lowest BCUT2D eigenvalue weighted by atomic mass is 10.0. The Morgan fingerprint density at radius 3 is 2.86 bits per heavy atom. The van der Waals surface area contributed by atoms with Crippen LogP contribution in [0.5, 0.6) is 0 Å². The van der Waals surface area contributed by atoms with Gasteiger partial charge in [-0.1, -0.05) is 0 Å². The molecule has 2 heterocycles. The summed E-state index contributed by atoms with van der Waals surface area (Å²) < 4.78 is 39.1. The Morgan fingerprint density at radius 1 is 1.48 bits per heavy atom. The van der Waals surface area contributed by atoms with Gasteiger partial charge in [-0.05, 0) is 25.5 Å². The van der Waals surface area contributed by atoms with Crippen molar-refractivity contribution in [2.24, 2.45) is 0 Å². The molecule has 0 radical (unpaired) electrons. The molecule has 0 saturated carbocycles. The molecule has 0 spiro atoms. The van der Waals surface area contributed by atoms with Gasteiger partial charge in [-0.25, -0.2) is 17.8 Å². The monoisotopic (exact) mass is 330 g/mol. The second-order valence-electron chi connectivity index (χ2n) is 5.77. The second-order valence-corrected chi connectivity index (χ2v) is 8.34. The first-order valence-electron chi connectivity index (χ1n) is 6.78. The third-order valence-electron chi connectivity index (χ3n) is 4.03. The summed E-state index contributed by atoms with van der Waals surface area (Å²) in [4.78, 5) is 4.44. The molecule has 0 N–H and O–H groups in total. The van der Waals surface area contributed by atoms with Crippen LogP contribution in [-0.4, -0.2) is 35.4 Å². The first-order valence-corrected chi connectivity index (χ1v) is 9.14. The van der Waals surface area contributed by atoms with Gasteiger partial charge in [-0.15, -0.1) is 11.6 Å². The maximum absolute atomic E-state index is 13.4. The highest BCUT2D eigenvalue weighted by Crippen LogP contribution is 2.35. The van der Waals surface area contributed by atoms with Gasteiger partial charge in [0.05, 0.1) is 28.1 Å². The lowest BCUT2D eigenvalue weighted by molar-refractivity contribution is 0.365. The lowest BCUT2D eigenvalue weighted by Gasteiger charge is -2.27. The highest BCUT2D eigenvalue weighted by Gasteiger charge is 2.41. The molecule has 0 aliphatic carbocycles. The van der Waals surface area contributed by atoms with E-state index < -0.39 is 15.4 Å². The van der Waals surface area contributed by atoms with Crippen molar-refractivity contribution in [3.05, 3.63) is 29.8 Å². The highest BCUT2D eigenvalue weighted by atomic mass is 35.5. The Labute approximate surface area is 127 Å². The van der Waals surface area contributed by atoms with Crippen LogP contribution in [0.2, 0.25) is 0 Å². The maximum Gasteiger partial charge on any atom is 0.152 e. The van der Waals surface area contributed by atoms with Gasteiger partial charge in [0.15, 0.2) is 9.84 Å². The number of rotatable bonds is 3. The SMILES string of the molecule is CC1(n2c(CCCl)nc3cc(F)ccc32)CCS(=O)(=O)C1. The molecule has 21 heavy (non-hydrogen) atoms. The third kappa shape index (κ3) is 2.55. The number of halogens is 2. The number of alkyl halides is 1. The summed E-state index contributed by atoms with van der Waals surface area (Å²) in [6.07, 6.45) is 1.06. The maximum atomic E-state index is 13.4. The van der Waals surface area contributed by atoms with E-state index in [1.807, 2.05) is 11.5 Å². The number of hydrogen-bond acceptors (Lipinski definition) is 3. The molecule has 0 amide bonds. The molecule has 1 unspecified atom stereocenters. The fraction of sp³-hybridized carbons (Fsp3) is 0.500. The lowest BCUT2D eigenvalue weighted by Crippen LogP contribution is -2.33. The fourth-order valence-corrected chi connectivity index (χ4v) is 5.41. The van der Waals surface area contributed by atoms with E-state index >= 15 is 0 Å². The van der Waals surface area contributed by atoms with E-state index in [1.54, 1.807) is 6.07 Å². The Bertz CT molecular complexity index is 803.